The molecule has 2 aromatic rings. The number of nitro groups is 1. The standard InChI is InChI=1S/C12H6Cl2F3N3O3/c1-19-10(12(15,16)17)4-9(21)11(18-19)5-2-8(20(22)23)7(14)3-6(5)13/h2-4H,1H3. The molecule has 23 heavy (non-hydrogen) atoms. The van der Waals surface area contributed by atoms with Crippen molar-refractivity contribution in [3.63, 3.8) is 0 Å². The maximum absolute atomic E-state index is 12.7. The minimum atomic E-state index is -4.77. The van der Waals surface area contributed by atoms with Gasteiger partial charge in [0.05, 0.1) is 9.95 Å². The number of aromatic nitrogens is 2. The highest BCUT2D eigenvalue weighted by atomic mass is 35.5. The molecule has 0 unspecified atom stereocenters. The van der Waals surface area contributed by atoms with Gasteiger partial charge in [-0.2, -0.15) is 18.3 Å². The van der Waals surface area contributed by atoms with Crippen LogP contribution < -0.4 is 5.43 Å². The van der Waals surface area contributed by atoms with Crippen molar-refractivity contribution >= 4 is 28.9 Å². The van der Waals surface area contributed by atoms with Crippen molar-refractivity contribution in [3.05, 3.63) is 54.3 Å². The first-order valence-electron chi connectivity index (χ1n) is 5.81. The number of aryl methyl sites for hydroxylation is 1. The minimum absolute atomic E-state index is 0.148. The SMILES string of the molecule is Cn1nc(-c2cc([N+](=O)[O-])c(Cl)cc2Cl)c(=O)cc1C(F)(F)F. The van der Waals surface area contributed by atoms with Crippen LogP contribution in [0.25, 0.3) is 11.3 Å². The lowest BCUT2D eigenvalue weighted by Gasteiger charge is -2.12. The molecule has 0 bridgehead atoms. The van der Waals surface area contributed by atoms with Crippen LogP contribution in [-0.2, 0) is 13.2 Å². The third kappa shape index (κ3) is 3.30. The van der Waals surface area contributed by atoms with Gasteiger partial charge in [-0.1, -0.05) is 23.2 Å². The maximum Gasteiger partial charge on any atom is 0.433 e. The number of benzene rings is 1. The first kappa shape index (κ1) is 17.2. The smallest absolute Gasteiger partial charge is 0.287 e. The second-order valence-electron chi connectivity index (χ2n) is 4.40. The first-order valence-corrected chi connectivity index (χ1v) is 6.57. The van der Waals surface area contributed by atoms with E-state index in [2.05, 4.69) is 5.10 Å². The summed E-state index contributed by atoms with van der Waals surface area (Å²) in [7, 11) is 0.990. The molecule has 0 radical (unpaired) electrons. The Labute approximate surface area is 136 Å². The monoisotopic (exact) mass is 367 g/mol. The van der Waals surface area contributed by atoms with Crippen LogP contribution in [0.5, 0.6) is 0 Å². The predicted octanol–water partition coefficient (Wildman–Crippen LogP) is 3.68. The van der Waals surface area contributed by atoms with Gasteiger partial charge in [-0.25, -0.2) is 0 Å². The van der Waals surface area contributed by atoms with Gasteiger partial charge in [-0.3, -0.25) is 19.6 Å². The van der Waals surface area contributed by atoms with E-state index in [9.17, 15) is 28.1 Å². The Hall–Kier alpha value is -2.13. The summed E-state index contributed by atoms with van der Waals surface area (Å²) in [6.45, 7) is 0. The molecule has 0 aliphatic carbocycles. The molecule has 0 amide bonds. The second kappa shape index (κ2) is 5.82. The fourth-order valence-electron chi connectivity index (χ4n) is 1.85. The number of halogens is 5. The van der Waals surface area contributed by atoms with Crippen LogP contribution in [0.2, 0.25) is 10.0 Å². The van der Waals surface area contributed by atoms with Crippen LogP contribution >= 0.6 is 23.2 Å². The van der Waals surface area contributed by atoms with Crippen molar-refractivity contribution in [2.24, 2.45) is 7.05 Å². The summed E-state index contributed by atoms with van der Waals surface area (Å²) in [6.07, 6.45) is -4.77. The molecule has 1 aromatic heterocycles. The van der Waals surface area contributed by atoms with E-state index in [1.165, 1.54) is 0 Å². The highest BCUT2D eigenvalue weighted by Crippen LogP contribution is 2.35. The summed E-state index contributed by atoms with van der Waals surface area (Å²) in [6, 6.07) is 2.26. The van der Waals surface area contributed by atoms with Crippen molar-refractivity contribution in [1.82, 2.24) is 9.78 Å². The lowest BCUT2D eigenvalue weighted by Crippen LogP contribution is -2.22. The van der Waals surface area contributed by atoms with E-state index >= 15 is 0 Å². The summed E-state index contributed by atoms with van der Waals surface area (Å²) in [4.78, 5) is 22.0. The Kier molecular flexibility index (Phi) is 4.36. The largest absolute Gasteiger partial charge is 0.433 e. The molecule has 0 atom stereocenters. The molecule has 1 heterocycles. The highest BCUT2D eigenvalue weighted by Gasteiger charge is 2.34. The third-order valence-electron chi connectivity index (χ3n) is 2.88. The molecule has 122 valence electrons. The molecule has 0 aliphatic rings. The average molecular weight is 368 g/mol. The lowest BCUT2D eigenvalue weighted by molar-refractivity contribution is -0.384. The molecule has 1 aromatic carbocycles. The molecular formula is C12H6Cl2F3N3O3. The molecule has 0 saturated heterocycles. The Morgan fingerprint density at radius 2 is 1.83 bits per heavy atom. The van der Waals surface area contributed by atoms with Crippen LogP contribution in [0.3, 0.4) is 0 Å². The Bertz CT molecular complexity index is 865. The van der Waals surface area contributed by atoms with E-state index in [0.717, 1.165) is 19.2 Å². The van der Waals surface area contributed by atoms with Gasteiger partial charge in [-0.15, -0.1) is 0 Å². The van der Waals surface area contributed by atoms with Crippen molar-refractivity contribution in [2.45, 2.75) is 6.18 Å². The summed E-state index contributed by atoms with van der Waals surface area (Å²) < 4.78 is 38.6. The normalized spacial score (nSPS) is 11.6. The van der Waals surface area contributed by atoms with Crippen LogP contribution in [0, 0.1) is 10.1 Å². The van der Waals surface area contributed by atoms with Gasteiger partial charge in [0.2, 0.25) is 5.43 Å². The minimum Gasteiger partial charge on any atom is -0.287 e. The van der Waals surface area contributed by atoms with Gasteiger partial charge >= 0.3 is 6.18 Å². The van der Waals surface area contributed by atoms with E-state index in [0.29, 0.717) is 10.7 Å². The fourth-order valence-corrected chi connectivity index (χ4v) is 2.39. The van der Waals surface area contributed by atoms with E-state index in [1.54, 1.807) is 0 Å². The van der Waals surface area contributed by atoms with E-state index in [4.69, 9.17) is 23.2 Å². The zero-order valence-corrected chi connectivity index (χ0v) is 12.7. The average Bonchev–Trinajstić information content (AvgIpc) is 2.39. The molecular weight excluding hydrogens is 362 g/mol. The van der Waals surface area contributed by atoms with Crippen LogP contribution in [0.1, 0.15) is 5.69 Å². The van der Waals surface area contributed by atoms with Crippen molar-refractivity contribution < 1.29 is 18.1 Å². The molecule has 0 fully saturated rings. The third-order valence-corrected chi connectivity index (χ3v) is 3.49. The van der Waals surface area contributed by atoms with E-state index in [-0.39, 0.29) is 15.6 Å². The summed E-state index contributed by atoms with van der Waals surface area (Å²) in [5.74, 6) is 0. The zero-order chi connectivity index (χ0) is 17.5. The maximum atomic E-state index is 12.7. The van der Waals surface area contributed by atoms with Crippen molar-refractivity contribution in [2.75, 3.05) is 0 Å². The topological polar surface area (TPSA) is 78.0 Å². The fraction of sp³-hybridized carbons (Fsp3) is 0.167. The summed E-state index contributed by atoms with van der Waals surface area (Å²) >= 11 is 11.5. The molecule has 0 aliphatic heterocycles. The number of hydrogen-bond acceptors (Lipinski definition) is 4. The van der Waals surface area contributed by atoms with E-state index < -0.39 is 33.6 Å². The molecule has 2 rings (SSSR count). The predicted molar refractivity (Wildman–Crippen MR) is 76.6 cm³/mol. The van der Waals surface area contributed by atoms with Gasteiger partial charge in [0, 0.05) is 24.7 Å². The number of nitrogens with zero attached hydrogens (tertiary/aromatic N) is 3. The highest BCUT2D eigenvalue weighted by molar-refractivity contribution is 6.37. The molecule has 6 nitrogen and oxygen atoms in total. The van der Waals surface area contributed by atoms with Crippen LogP contribution in [0.15, 0.2) is 23.0 Å². The molecule has 0 saturated carbocycles. The van der Waals surface area contributed by atoms with Gasteiger partial charge in [0.15, 0.2) is 0 Å². The van der Waals surface area contributed by atoms with Crippen LogP contribution in [-0.4, -0.2) is 14.7 Å². The zero-order valence-electron chi connectivity index (χ0n) is 11.2. The van der Waals surface area contributed by atoms with Gasteiger partial charge < -0.3 is 0 Å². The number of hydrogen-bond donors (Lipinski definition) is 0. The lowest BCUT2D eigenvalue weighted by atomic mass is 10.1. The number of alkyl halides is 3. The Morgan fingerprint density at radius 3 is 2.35 bits per heavy atom. The molecule has 0 N–H and O–H groups in total. The van der Waals surface area contributed by atoms with E-state index in [1.807, 2.05) is 0 Å². The number of rotatable bonds is 2. The Balaban J connectivity index is 2.74. The first-order chi connectivity index (χ1) is 10.5. The molecule has 11 heteroatoms. The quantitative estimate of drug-likeness (QED) is 0.599. The van der Waals surface area contributed by atoms with Gasteiger partial charge in [-0.05, 0) is 6.07 Å². The summed E-state index contributed by atoms with van der Waals surface area (Å²) in [5.41, 5.74) is -3.52. The number of nitro benzene ring substituents is 1. The Morgan fingerprint density at radius 1 is 1.22 bits per heavy atom. The van der Waals surface area contributed by atoms with Crippen molar-refractivity contribution in [1.29, 1.82) is 0 Å². The van der Waals surface area contributed by atoms with Crippen LogP contribution in [0.4, 0.5) is 18.9 Å². The molecule has 0 spiro atoms. The second-order valence-corrected chi connectivity index (χ2v) is 5.22. The van der Waals surface area contributed by atoms with Gasteiger partial charge in [0.25, 0.3) is 5.69 Å². The van der Waals surface area contributed by atoms with Gasteiger partial charge in [0.1, 0.15) is 16.4 Å². The summed E-state index contributed by atoms with van der Waals surface area (Å²) in [5, 5.41) is 14.0. The van der Waals surface area contributed by atoms with Crippen molar-refractivity contribution in [3.8, 4) is 11.3 Å².